The van der Waals surface area contributed by atoms with Crippen LogP contribution in [0.3, 0.4) is 0 Å². The summed E-state index contributed by atoms with van der Waals surface area (Å²) in [6.07, 6.45) is 0. The molecule has 2 aromatic heterocycles. The summed E-state index contributed by atoms with van der Waals surface area (Å²) in [6, 6.07) is 13.4. The van der Waals surface area contributed by atoms with Gasteiger partial charge in [-0.25, -0.2) is 27.6 Å². The van der Waals surface area contributed by atoms with Crippen molar-refractivity contribution in [3.8, 4) is 16.9 Å². The quantitative estimate of drug-likeness (QED) is 0.404. The summed E-state index contributed by atoms with van der Waals surface area (Å²) in [5.41, 5.74) is -0.00999. The number of fused-ring (bicyclic) bond motifs is 3. The third-order valence-corrected chi connectivity index (χ3v) is 5.17. The number of nitrogens with zero attached hydrogens (tertiary/aromatic N) is 2. The smallest absolute Gasteiger partial charge is 0.335 e. The number of carboxylic acid groups (broad SMARTS) is 1. The van der Waals surface area contributed by atoms with Crippen molar-refractivity contribution in [1.29, 1.82) is 0 Å². The summed E-state index contributed by atoms with van der Waals surface area (Å²) in [5, 5.41) is 12.6. The first-order valence-electron chi connectivity index (χ1n) is 9.37. The molecule has 0 atom stereocenters. The van der Waals surface area contributed by atoms with Gasteiger partial charge in [-0.05, 0) is 36.4 Å². The third-order valence-electron chi connectivity index (χ3n) is 5.17. The third kappa shape index (κ3) is 2.94. The van der Waals surface area contributed by atoms with E-state index in [4.69, 9.17) is 5.11 Å². The van der Waals surface area contributed by atoms with Crippen molar-refractivity contribution in [2.24, 2.45) is 0 Å². The molecular weight excluding hydrogens is 423 g/mol. The molecule has 0 aliphatic heterocycles. The van der Waals surface area contributed by atoms with Gasteiger partial charge >= 0.3 is 5.97 Å². The molecule has 0 unspecified atom stereocenters. The number of rotatable bonds is 3. The summed E-state index contributed by atoms with van der Waals surface area (Å²) < 4.78 is 43.2. The number of hydrogen-bond donors (Lipinski definition) is 2. The molecule has 6 nitrogen and oxygen atoms in total. The van der Waals surface area contributed by atoms with Crippen molar-refractivity contribution in [3.63, 3.8) is 0 Å². The van der Waals surface area contributed by atoms with Crippen LogP contribution in [0.1, 0.15) is 10.4 Å². The van der Waals surface area contributed by atoms with Crippen LogP contribution in [0.4, 0.5) is 13.2 Å². The SMILES string of the molecule is O=C(O)c1ccc(-n2[nH]c3c(c(-c4cc(F)c(F)cc4F)nc4ccccc43)c2=O)cc1. The Labute approximate surface area is 177 Å². The molecule has 0 spiro atoms. The zero-order valence-electron chi connectivity index (χ0n) is 16.1. The molecule has 2 N–H and O–H groups in total. The molecule has 0 bridgehead atoms. The number of aromatic nitrogens is 3. The van der Waals surface area contributed by atoms with Crippen LogP contribution in [0.2, 0.25) is 0 Å². The predicted octanol–water partition coefficient (Wildman–Crippen LogP) is 4.65. The van der Waals surface area contributed by atoms with Crippen molar-refractivity contribution in [1.82, 2.24) is 14.8 Å². The Morgan fingerprint density at radius 2 is 1.62 bits per heavy atom. The Morgan fingerprint density at radius 1 is 0.938 bits per heavy atom. The molecule has 0 saturated carbocycles. The summed E-state index contributed by atoms with van der Waals surface area (Å²) in [6.45, 7) is 0. The normalized spacial score (nSPS) is 11.3. The minimum atomic E-state index is -1.35. The number of H-pyrrole nitrogens is 1. The number of pyridine rings is 1. The minimum Gasteiger partial charge on any atom is -0.478 e. The standard InChI is InChI=1S/C23H12F3N3O3/c24-15-10-17(26)16(25)9-14(15)20-19-21(13-3-1-2-4-18(13)27-20)28-29(22(19)30)12-7-5-11(6-8-12)23(31)32/h1-10,28H,(H,31,32). The first-order valence-corrected chi connectivity index (χ1v) is 9.37. The number of halogens is 3. The van der Waals surface area contributed by atoms with Crippen LogP contribution in [0.15, 0.2) is 65.5 Å². The van der Waals surface area contributed by atoms with Crippen LogP contribution < -0.4 is 5.56 Å². The van der Waals surface area contributed by atoms with E-state index in [1.54, 1.807) is 24.3 Å². The molecule has 5 rings (SSSR count). The van der Waals surface area contributed by atoms with Crippen LogP contribution in [-0.4, -0.2) is 25.8 Å². The number of carbonyl (C=O) groups is 1. The van der Waals surface area contributed by atoms with E-state index in [0.717, 1.165) is 4.68 Å². The fourth-order valence-electron chi connectivity index (χ4n) is 3.64. The number of hydrogen-bond acceptors (Lipinski definition) is 3. The first kappa shape index (κ1) is 19.6. The van der Waals surface area contributed by atoms with Gasteiger partial charge in [-0.2, -0.15) is 0 Å². The number of aromatic carboxylic acids is 1. The number of benzene rings is 3. The molecule has 0 amide bonds. The lowest BCUT2D eigenvalue weighted by Crippen LogP contribution is -2.15. The predicted molar refractivity (Wildman–Crippen MR) is 111 cm³/mol. The fraction of sp³-hybridized carbons (Fsp3) is 0. The highest BCUT2D eigenvalue weighted by atomic mass is 19.2. The number of para-hydroxylation sites is 1. The summed E-state index contributed by atoms with van der Waals surface area (Å²) in [7, 11) is 0. The van der Waals surface area contributed by atoms with Crippen LogP contribution >= 0.6 is 0 Å². The lowest BCUT2D eigenvalue weighted by Gasteiger charge is -2.07. The molecule has 2 heterocycles. The molecule has 0 aliphatic rings. The van der Waals surface area contributed by atoms with Crippen LogP contribution in [0.25, 0.3) is 38.8 Å². The summed E-state index contributed by atoms with van der Waals surface area (Å²) >= 11 is 0. The van der Waals surface area contributed by atoms with Crippen LogP contribution in [-0.2, 0) is 0 Å². The zero-order valence-corrected chi connectivity index (χ0v) is 16.1. The maximum atomic E-state index is 14.6. The van der Waals surface area contributed by atoms with Gasteiger partial charge in [0.1, 0.15) is 5.82 Å². The molecule has 32 heavy (non-hydrogen) atoms. The van der Waals surface area contributed by atoms with E-state index in [2.05, 4.69) is 10.1 Å². The van der Waals surface area contributed by atoms with E-state index in [0.29, 0.717) is 34.2 Å². The minimum absolute atomic E-state index is 0.0177. The van der Waals surface area contributed by atoms with Gasteiger partial charge in [-0.1, -0.05) is 18.2 Å². The van der Waals surface area contributed by atoms with Gasteiger partial charge in [0.2, 0.25) is 0 Å². The molecule has 158 valence electrons. The Morgan fingerprint density at radius 3 is 2.34 bits per heavy atom. The summed E-state index contributed by atoms with van der Waals surface area (Å²) in [4.78, 5) is 28.8. The van der Waals surface area contributed by atoms with Crippen molar-refractivity contribution in [3.05, 3.63) is 94.0 Å². The van der Waals surface area contributed by atoms with Crippen molar-refractivity contribution in [2.45, 2.75) is 0 Å². The largest absolute Gasteiger partial charge is 0.478 e. The van der Waals surface area contributed by atoms with Gasteiger partial charge in [0.05, 0.1) is 33.4 Å². The number of nitrogens with one attached hydrogen (secondary N) is 1. The van der Waals surface area contributed by atoms with Gasteiger partial charge < -0.3 is 5.11 Å². The van der Waals surface area contributed by atoms with Crippen LogP contribution in [0.5, 0.6) is 0 Å². The molecular formula is C23H12F3N3O3. The lowest BCUT2D eigenvalue weighted by atomic mass is 10.0. The highest BCUT2D eigenvalue weighted by molar-refractivity contribution is 6.08. The van der Waals surface area contributed by atoms with E-state index in [-0.39, 0.29) is 22.2 Å². The second-order valence-corrected chi connectivity index (χ2v) is 7.08. The molecule has 0 aliphatic carbocycles. The average molecular weight is 435 g/mol. The van der Waals surface area contributed by atoms with Gasteiger partial charge in [0, 0.05) is 17.0 Å². The Balaban J connectivity index is 1.86. The fourth-order valence-corrected chi connectivity index (χ4v) is 3.64. The lowest BCUT2D eigenvalue weighted by molar-refractivity contribution is 0.0697. The molecule has 0 radical (unpaired) electrons. The van der Waals surface area contributed by atoms with Gasteiger partial charge in [-0.3, -0.25) is 9.89 Å². The average Bonchev–Trinajstić information content (AvgIpc) is 3.13. The Bertz CT molecular complexity index is 1600. The molecule has 9 heteroatoms. The maximum absolute atomic E-state index is 14.6. The van der Waals surface area contributed by atoms with Gasteiger partial charge in [-0.15, -0.1) is 0 Å². The molecule has 3 aromatic carbocycles. The van der Waals surface area contributed by atoms with E-state index >= 15 is 0 Å². The van der Waals surface area contributed by atoms with Crippen LogP contribution in [0, 0.1) is 17.5 Å². The van der Waals surface area contributed by atoms with Crippen molar-refractivity contribution < 1.29 is 23.1 Å². The van der Waals surface area contributed by atoms with Crippen molar-refractivity contribution in [2.75, 3.05) is 0 Å². The van der Waals surface area contributed by atoms with Gasteiger partial charge in [0.15, 0.2) is 11.6 Å². The second kappa shape index (κ2) is 7.09. The van der Waals surface area contributed by atoms with E-state index < -0.39 is 29.0 Å². The molecule has 0 fully saturated rings. The first-order chi connectivity index (χ1) is 15.3. The Kier molecular flexibility index (Phi) is 4.33. The second-order valence-electron chi connectivity index (χ2n) is 7.08. The van der Waals surface area contributed by atoms with E-state index in [1.807, 2.05) is 0 Å². The zero-order chi connectivity index (χ0) is 22.6. The highest BCUT2D eigenvalue weighted by Crippen LogP contribution is 2.32. The number of aromatic amines is 1. The topological polar surface area (TPSA) is 88.0 Å². The highest BCUT2D eigenvalue weighted by Gasteiger charge is 2.22. The maximum Gasteiger partial charge on any atom is 0.335 e. The van der Waals surface area contributed by atoms with Crippen molar-refractivity contribution >= 4 is 27.8 Å². The molecule has 0 saturated heterocycles. The molecule has 5 aromatic rings. The summed E-state index contributed by atoms with van der Waals surface area (Å²) in [5.74, 6) is -4.81. The monoisotopic (exact) mass is 435 g/mol. The van der Waals surface area contributed by atoms with E-state index in [1.165, 1.54) is 24.3 Å². The Hall–Kier alpha value is -4.40. The van der Waals surface area contributed by atoms with Gasteiger partial charge in [0.25, 0.3) is 5.56 Å². The van der Waals surface area contributed by atoms with E-state index in [9.17, 15) is 22.8 Å². The number of carboxylic acids is 1.